The Labute approximate surface area is 160 Å². The molecule has 0 radical (unpaired) electrons. The SMILES string of the molecule is CCN1CCN(c2ccc(Cl)cc2NC(=O)NCC2(C)CCCO2)CC1. The highest BCUT2D eigenvalue weighted by atomic mass is 35.5. The van der Waals surface area contributed by atoms with Crippen molar-refractivity contribution >= 4 is 29.0 Å². The van der Waals surface area contributed by atoms with E-state index in [9.17, 15) is 4.79 Å². The Kier molecular flexibility index (Phi) is 6.27. The summed E-state index contributed by atoms with van der Waals surface area (Å²) in [6, 6.07) is 5.45. The summed E-state index contributed by atoms with van der Waals surface area (Å²) in [4.78, 5) is 17.1. The Hall–Kier alpha value is -1.50. The summed E-state index contributed by atoms with van der Waals surface area (Å²) in [5.74, 6) is 0. The van der Waals surface area contributed by atoms with Gasteiger partial charge in [0.15, 0.2) is 0 Å². The van der Waals surface area contributed by atoms with E-state index >= 15 is 0 Å². The van der Waals surface area contributed by atoms with Gasteiger partial charge in [0.2, 0.25) is 0 Å². The van der Waals surface area contributed by atoms with Crippen molar-refractivity contribution in [2.24, 2.45) is 0 Å². The second-order valence-corrected chi connectivity index (χ2v) is 7.73. The lowest BCUT2D eigenvalue weighted by atomic mass is 10.0. The van der Waals surface area contributed by atoms with Gasteiger partial charge >= 0.3 is 6.03 Å². The normalized spacial score (nSPS) is 23.9. The van der Waals surface area contributed by atoms with Gasteiger partial charge in [-0.1, -0.05) is 18.5 Å². The third-order valence-electron chi connectivity index (χ3n) is 5.29. The summed E-state index contributed by atoms with van der Waals surface area (Å²) >= 11 is 6.17. The minimum Gasteiger partial charge on any atom is -0.373 e. The predicted molar refractivity (Wildman–Crippen MR) is 106 cm³/mol. The van der Waals surface area contributed by atoms with E-state index in [-0.39, 0.29) is 11.6 Å². The number of piperazine rings is 1. The molecule has 3 rings (SSSR count). The maximum Gasteiger partial charge on any atom is 0.319 e. The fraction of sp³-hybridized carbons (Fsp3) is 0.632. The number of carbonyl (C=O) groups excluding carboxylic acids is 1. The molecule has 2 aliphatic rings. The number of rotatable bonds is 5. The molecule has 7 heteroatoms. The maximum absolute atomic E-state index is 12.4. The van der Waals surface area contributed by atoms with E-state index in [0.29, 0.717) is 11.6 Å². The highest BCUT2D eigenvalue weighted by Gasteiger charge is 2.30. The van der Waals surface area contributed by atoms with E-state index in [4.69, 9.17) is 16.3 Å². The summed E-state index contributed by atoms with van der Waals surface area (Å²) in [7, 11) is 0. The molecule has 0 aliphatic carbocycles. The van der Waals surface area contributed by atoms with Gasteiger partial charge in [0.1, 0.15) is 0 Å². The molecular formula is C19H29ClN4O2. The number of ether oxygens (including phenoxy) is 1. The van der Waals surface area contributed by atoms with Crippen molar-refractivity contribution in [2.75, 3.05) is 56.1 Å². The molecule has 1 unspecified atom stereocenters. The smallest absolute Gasteiger partial charge is 0.319 e. The van der Waals surface area contributed by atoms with Crippen molar-refractivity contribution < 1.29 is 9.53 Å². The summed E-state index contributed by atoms with van der Waals surface area (Å²) in [6.45, 7) is 10.5. The average Bonchev–Trinajstić information content (AvgIpc) is 3.07. The molecule has 0 saturated carbocycles. The lowest BCUT2D eigenvalue weighted by molar-refractivity contribution is 0.0232. The summed E-state index contributed by atoms with van der Waals surface area (Å²) in [5, 5.41) is 6.52. The van der Waals surface area contributed by atoms with Crippen LogP contribution < -0.4 is 15.5 Å². The van der Waals surface area contributed by atoms with Gasteiger partial charge in [-0.15, -0.1) is 0 Å². The van der Waals surface area contributed by atoms with Crippen LogP contribution in [0.25, 0.3) is 0 Å². The van der Waals surface area contributed by atoms with E-state index < -0.39 is 0 Å². The second-order valence-electron chi connectivity index (χ2n) is 7.29. The zero-order valence-electron chi connectivity index (χ0n) is 15.7. The molecule has 144 valence electrons. The Morgan fingerprint density at radius 1 is 1.31 bits per heavy atom. The number of carbonyl (C=O) groups is 1. The number of nitrogens with one attached hydrogen (secondary N) is 2. The molecule has 2 aliphatic heterocycles. The molecule has 1 atom stereocenters. The molecular weight excluding hydrogens is 352 g/mol. The lowest BCUT2D eigenvalue weighted by Gasteiger charge is -2.36. The molecule has 6 nitrogen and oxygen atoms in total. The van der Waals surface area contributed by atoms with E-state index in [1.54, 1.807) is 0 Å². The summed E-state index contributed by atoms with van der Waals surface area (Å²) < 4.78 is 5.72. The molecule has 2 fully saturated rings. The molecule has 1 aromatic carbocycles. The van der Waals surface area contributed by atoms with Crippen LogP contribution in [0.4, 0.5) is 16.2 Å². The van der Waals surface area contributed by atoms with Crippen molar-refractivity contribution in [1.82, 2.24) is 10.2 Å². The third kappa shape index (κ3) is 4.81. The van der Waals surface area contributed by atoms with Crippen LogP contribution in [0, 0.1) is 0 Å². The Balaban J connectivity index is 1.63. The highest BCUT2D eigenvalue weighted by Crippen LogP contribution is 2.30. The van der Waals surface area contributed by atoms with Gasteiger partial charge in [-0.05, 0) is 44.5 Å². The van der Waals surface area contributed by atoms with Crippen LogP contribution >= 0.6 is 11.6 Å². The van der Waals surface area contributed by atoms with Crippen molar-refractivity contribution in [3.63, 3.8) is 0 Å². The average molecular weight is 381 g/mol. The molecule has 26 heavy (non-hydrogen) atoms. The fourth-order valence-electron chi connectivity index (χ4n) is 3.60. The van der Waals surface area contributed by atoms with E-state index in [1.807, 2.05) is 25.1 Å². The molecule has 0 aromatic heterocycles. The molecule has 0 spiro atoms. The minimum atomic E-state index is -0.259. The number of amides is 2. The van der Waals surface area contributed by atoms with Gasteiger partial charge < -0.3 is 25.2 Å². The van der Waals surface area contributed by atoms with Gasteiger partial charge in [-0.3, -0.25) is 0 Å². The van der Waals surface area contributed by atoms with Crippen molar-refractivity contribution in [3.05, 3.63) is 23.2 Å². The van der Waals surface area contributed by atoms with Crippen LogP contribution in [0.5, 0.6) is 0 Å². The van der Waals surface area contributed by atoms with Crippen LogP contribution in [-0.2, 0) is 4.74 Å². The van der Waals surface area contributed by atoms with Gasteiger partial charge in [-0.25, -0.2) is 4.79 Å². The highest BCUT2D eigenvalue weighted by molar-refractivity contribution is 6.31. The fourth-order valence-corrected chi connectivity index (χ4v) is 3.77. The minimum absolute atomic E-state index is 0.225. The lowest BCUT2D eigenvalue weighted by Crippen LogP contribution is -2.46. The number of hydrogen-bond acceptors (Lipinski definition) is 4. The molecule has 2 amide bonds. The Morgan fingerprint density at radius 3 is 2.73 bits per heavy atom. The molecule has 2 N–H and O–H groups in total. The summed E-state index contributed by atoms with van der Waals surface area (Å²) in [5.41, 5.74) is 1.51. The van der Waals surface area contributed by atoms with Crippen LogP contribution in [0.2, 0.25) is 5.02 Å². The van der Waals surface area contributed by atoms with E-state index in [0.717, 1.165) is 63.5 Å². The van der Waals surface area contributed by atoms with Crippen molar-refractivity contribution in [3.8, 4) is 0 Å². The standard InChI is InChI=1S/C19H29ClN4O2/c1-3-23-8-10-24(11-9-23)17-6-5-15(20)13-16(17)22-18(25)21-14-19(2)7-4-12-26-19/h5-6,13H,3-4,7-12,14H2,1-2H3,(H2,21,22,25). The number of nitrogens with zero attached hydrogens (tertiary/aromatic N) is 2. The van der Waals surface area contributed by atoms with Gasteiger partial charge in [0.05, 0.1) is 17.0 Å². The number of halogens is 1. The molecule has 0 bridgehead atoms. The molecule has 2 heterocycles. The van der Waals surface area contributed by atoms with E-state index in [2.05, 4.69) is 27.4 Å². The first kappa shape index (κ1) is 19.3. The number of benzene rings is 1. The van der Waals surface area contributed by atoms with Crippen molar-refractivity contribution in [2.45, 2.75) is 32.3 Å². The van der Waals surface area contributed by atoms with E-state index in [1.165, 1.54) is 0 Å². The number of urea groups is 1. The van der Waals surface area contributed by atoms with Gasteiger partial charge in [0.25, 0.3) is 0 Å². The Morgan fingerprint density at radius 2 is 2.08 bits per heavy atom. The zero-order chi connectivity index (χ0) is 18.6. The summed E-state index contributed by atoms with van der Waals surface area (Å²) in [6.07, 6.45) is 2.01. The zero-order valence-corrected chi connectivity index (χ0v) is 16.4. The van der Waals surface area contributed by atoms with Gasteiger partial charge in [-0.2, -0.15) is 0 Å². The number of hydrogen-bond donors (Lipinski definition) is 2. The first-order valence-corrected chi connectivity index (χ1v) is 9.82. The number of likely N-dealkylation sites (N-methyl/N-ethyl adjacent to an activating group) is 1. The van der Waals surface area contributed by atoms with Gasteiger partial charge in [0, 0.05) is 44.4 Å². The monoisotopic (exact) mass is 380 g/mol. The largest absolute Gasteiger partial charge is 0.373 e. The van der Waals surface area contributed by atoms with Crippen LogP contribution in [0.1, 0.15) is 26.7 Å². The molecule has 1 aromatic rings. The van der Waals surface area contributed by atoms with Crippen LogP contribution in [0.15, 0.2) is 18.2 Å². The Bertz CT molecular complexity index is 626. The van der Waals surface area contributed by atoms with Crippen LogP contribution in [-0.4, -0.2) is 62.4 Å². The third-order valence-corrected chi connectivity index (χ3v) is 5.53. The second kappa shape index (κ2) is 8.46. The first-order valence-electron chi connectivity index (χ1n) is 9.45. The predicted octanol–water partition coefficient (Wildman–Crippen LogP) is 3.17. The van der Waals surface area contributed by atoms with Crippen LogP contribution in [0.3, 0.4) is 0 Å². The quantitative estimate of drug-likeness (QED) is 0.823. The number of anilines is 2. The first-order chi connectivity index (χ1) is 12.5. The maximum atomic E-state index is 12.4. The molecule has 2 saturated heterocycles. The topological polar surface area (TPSA) is 56.8 Å². The van der Waals surface area contributed by atoms with Crippen molar-refractivity contribution in [1.29, 1.82) is 0 Å².